The van der Waals surface area contributed by atoms with E-state index in [9.17, 15) is 0 Å². The molecule has 18 heavy (non-hydrogen) atoms. The second-order valence-corrected chi connectivity index (χ2v) is 6.08. The smallest absolute Gasteiger partial charge is 0.0417 e. The minimum absolute atomic E-state index is 0.584. The maximum Gasteiger partial charge on any atom is 0.0417 e. The first kappa shape index (κ1) is 15.7. The van der Waals surface area contributed by atoms with Crippen molar-refractivity contribution in [1.82, 2.24) is 5.32 Å². The predicted molar refractivity (Wildman–Crippen MR) is 83.5 cm³/mol. The van der Waals surface area contributed by atoms with Gasteiger partial charge in [0.2, 0.25) is 0 Å². The molecule has 0 saturated carbocycles. The van der Waals surface area contributed by atoms with Gasteiger partial charge in [0.05, 0.1) is 0 Å². The van der Waals surface area contributed by atoms with Crippen molar-refractivity contribution in [2.75, 3.05) is 6.54 Å². The van der Waals surface area contributed by atoms with E-state index >= 15 is 0 Å². The average molecular weight is 267 g/mol. The molecule has 1 aromatic rings. The minimum atomic E-state index is 0.584. The largest absolute Gasteiger partial charge is 0.310 e. The summed E-state index contributed by atoms with van der Waals surface area (Å²) in [5, 5.41) is 5.86. The van der Waals surface area contributed by atoms with E-state index in [4.69, 9.17) is 0 Å². The van der Waals surface area contributed by atoms with Crippen molar-refractivity contribution in [2.45, 2.75) is 71.8 Å². The van der Waals surface area contributed by atoms with Gasteiger partial charge in [-0.3, -0.25) is 0 Å². The summed E-state index contributed by atoms with van der Waals surface area (Å²) in [6, 6.07) is 2.83. The highest BCUT2D eigenvalue weighted by Crippen LogP contribution is 2.28. The third-order valence-corrected chi connectivity index (χ3v) is 4.65. The lowest BCUT2D eigenvalue weighted by Crippen LogP contribution is -2.20. The maximum atomic E-state index is 3.64. The normalized spacial score (nSPS) is 12.8. The fourth-order valence-electron chi connectivity index (χ4n) is 2.44. The topological polar surface area (TPSA) is 12.0 Å². The molecule has 0 aromatic carbocycles. The first-order valence-corrected chi connectivity index (χ1v) is 8.44. The van der Waals surface area contributed by atoms with Gasteiger partial charge in [0, 0.05) is 10.9 Å². The van der Waals surface area contributed by atoms with Crippen LogP contribution in [0.3, 0.4) is 0 Å². The van der Waals surface area contributed by atoms with E-state index in [1.165, 1.54) is 50.5 Å². The molecule has 0 aliphatic rings. The Balaban J connectivity index is 2.29. The SMILES string of the molecule is CCCCCCCCC(NCC)c1sccc1C. The zero-order valence-electron chi connectivity index (χ0n) is 12.3. The summed E-state index contributed by atoms with van der Waals surface area (Å²) in [7, 11) is 0. The Labute approximate surface area is 117 Å². The number of hydrogen-bond donors (Lipinski definition) is 1. The highest BCUT2D eigenvalue weighted by molar-refractivity contribution is 7.10. The predicted octanol–water partition coefficient (Wildman–Crippen LogP) is 5.46. The molecule has 104 valence electrons. The Morgan fingerprint density at radius 3 is 2.44 bits per heavy atom. The zero-order chi connectivity index (χ0) is 13.2. The summed E-state index contributed by atoms with van der Waals surface area (Å²) in [4.78, 5) is 1.55. The summed E-state index contributed by atoms with van der Waals surface area (Å²) >= 11 is 1.91. The van der Waals surface area contributed by atoms with Gasteiger partial charge in [-0.05, 0) is 36.9 Å². The highest BCUT2D eigenvalue weighted by Gasteiger charge is 2.13. The van der Waals surface area contributed by atoms with Crippen LogP contribution in [0, 0.1) is 6.92 Å². The molecule has 1 heterocycles. The lowest BCUT2D eigenvalue weighted by Gasteiger charge is -2.17. The van der Waals surface area contributed by atoms with E-state index in [-0.39, 0.29) is 0 Å². The van der Waals surface area contributed by atoms with Gasteiger partial charge in [-0.1, -0.05) is 52.4 Å². The quantitative estimate of drug-likeness (QED) is 0.555. The van der Waals surface area contributed by atoms with Gasteiger partial charge in [0.25, 0.3) is 0 Å². The first-order valence-electron chi connectivity index (χ1n) is 7.57. The van der Waals surface area contributed by atoms with Crippen LogP contribution in [0.5, 0.6) is 0 Å². The van der Waals surface area contributed by atoms with Crippen LogP contribution in [0.25, 0.3) is 0 Å². The summed E-state index contributed by atoms with van der Waals surface area (Å²) in [5.74, 6) is 0. The molecular weight excluding hydrogens is 238 g/mol. The fraction of sp³-hybridized carbons (Fsp3) is 0.750. The molecule has 0 aliphatic heterocycles. The first-order chi connectivity index (χ1) is 8.79. The lowest BCUT2D eigenvalue weighted by molar-refractivity contribution is 0.481. The molecule has 0 spiro atoms. The monoisotopic (exact) mass is 267 g/mol. The van der Waals surface area contributed by atoms with Crippen LogP contribution in [0.4, 0.5) is 0 Å². The third-order valence-electron chi connectivity index (χ3n) is 3.52. The van der Waals surface area contributed by atoms with Gasteiger partial charge in [0.15, 0.2) is 0 Å². The van der Waals surface area contributed by atoms with E-state index < -0.39 is 0 Å². The van der Waals surface area contributed by atoms with Gasteiger partial charge in [-0.15, -0.1) is 11.3 Å². The number of thiophene rings is 1. The van der Waals surface area contributed by atoms with Crippen molar-refractivity contribution >= 4 is 11.3 Å². The van der Waals surface area contributed by atoms with Gasteiger partial charge in [-0.25, -0.2) is 0 Å². The van der Waals surface area contributed by atoms with Crippen LogP contribution in [-0.2, 0) is 0 Å². The number of rotatable bonds is 10. The lowest BCUT2D eigenvalue weighted by atomic mass is 10.0. The molecule has 1 aromatic heterocycles. The summed E-state index contributed by atoms with van der Waals surface area (Å²) < 4.78 is 0. The highest BCUT2D eigenvalue weighted by atomic mass is 32.1. The summed E-state index contributed by atoms with van der Waals surface area (Å²) in [5.41, 5.74) is 1.46. The second kappa shape index (κ2) is 9.57. The van der Waals surface area contributed by atoms with Crippen molar-refractivity contribution in [3.8, 4) is 0 Å². The number of nitrogens with one attached hydrogen (secondary N) is 1. The molecule has 1 unspecified atom stereocenters. The average Bonchev–Trinajstić information content (AvgIpc) is 2.78. The van der Waals surface area contributed by atoms with Crippen LogP contribution in [0.1, 0.15) is 75.3 Å². The summed E-state index contributed by atoms with van der Waals surface area (Å²) in [6.07, 6.45) is 9.62. The number of aryl methyl sites for hydroxylation is 1. The maximum absolute atomic E-state index is 3.64. The molecule has 0 amide bonds. The van der Waals surface area contributed by atoms with Crippen LogP contribution >= 0.6 is 11.3 Å². The van der Waals surface area contributed by atoms with Crippen LogP contribution < -0.4 is 5.32 Å². The third kappa shape index (κ3) is 5.53. The van der Waals surface area contributed by atoms with Gasteiger partial charge >= 0.3 is 0 Å². The van der Waals surface area contributed by atoms with Crippen molar-refractivity contribution in [1.29, 1.82) is 0 Å². The van der Waals surface area contributed by atoms with Crippen LogP contribution in [-0.4, -0.2) is 6.54 Å². The van der Waals surface area contributed by atoms with Crippen LogP contribution in [0.2, 0.25) is 0 Å². The Bertz CT molecular complexity index is 306. The molecule has 0 radical (unpaired) electrons. The summed E-state index contributed by atoms with van der Waals surface area (Å²) in [6.45, 7) is 7.78. The standard InChI is InChI=1S/C16H29NS/c1-4-6-7-8-9-10-11-15(17-5-2)16-14(3)12-13-18-16/h12-13,15,17H,4-11H2,1-3H3. The Morgan fingerprint density at radius 2 is 1.83 bits per heavy atom. The van der Waals surface area contributed by atoms with Crippen molar-refractivity contribution in [2.24, 2.45) is 0 Å². The van der Waals surface area contributed by atoms with Gasteiger partial charge in [0.1, 0.15) is 0 Å². The molecule has 0 saturated heterocycles. The Kier molecular flexibility index (Phi) is 8.36. The number of unbranched alkanes of at least 4 members (excludes halogenated alkanes) is 5. The zero-order valence-corrected chi connectivity index (χ0v) is 13.1. The van der Waals surface area contributed by atoms with Crippen LogP contribution in [0.15, 0.2) is 11.4 Å². The second-order valence-electron chi connectivity index (χ2n) is 5.13. The van der Waals surface area contributed by atoms with E-state index in [1.54, 1.807) is 4.88 Å². The molecule has 0 fully saturated rings. The molecule has 1 atom stereocenters. The Hall–Kier alpha value is -0.340. The minimum Gasteiger partial charge on any atom is -0.310 e. The Morgan fingerprint density at radius 1 is 1.11 bits per heavy atom. The number of hydrogen-bond acceptors (Lipinski definition) is 2. The molecule has 1 N–H and O–H groups in total. The van der Waals surface area contributed by atoms with E-state index in [0.29, 0.717) is 6.04 Å². The van der Waals surface area contributed by atoms with Crippen molar-refractivity contribution in [3.05, 3.63) is 21.9 Å². The van der Waals surface area contributed by atoms with Gasteiger partial charge < -0.3 is 5.32 Å². The molecule has 1 rings (SSSR count). The molecule has 2 heteroatoms. The molecule has 0 aliphatic carbocycles. The van der Waals surface area contributed by atoms with E-state index in [1.807, 2.05) is 11.3 Å². The molecule has 0 bridgehead atoms. The van der Waals surface area contributed by atoms with E-state index in [2.05, 4.69) is 37.5 Å². The van der Waals surface area contributed by atoms with Gasteiger partial charge in [-0.2, -0.15) is 0 Å². The fourth-order valence-corrected chi connectivity index (χ4v) is 3.48. The van der Waals surface area contributed by atoms with Crippen molar-refractivity contribution in [3.63, 3.8) is 0 Å². The van der Waals surface area contributed by atoms with Crippen molar-refractivity contribution < 1.29 is 0 Å². The molecule has 1 nitrogen and oxygen atoms in total. The molecular formula is C16H29NS. The van der Waals surface area contributed by atoms with E-state index in [0.717, 1.165) is 6.54 Å².